The molecule has 0 fully saturated rings. The van der Waals surface area contributed by atoms with Gasteiger partial charge in [0.1, 0.15) is 0 Å². The molecule has 0 radical (unpaired) electrons. The van der Waals surface area contributed by atoms with Gasteiger partial charge >= 0.3 is 5.97 Å². The van der Waals surface area contributed by atoms with E-state index in [-0.39, 0.29) is 17.9 Å². The molecule has 78 valence electrons. The largest absolute Gasteiger partial charge is 0.481 e. The van der Waals surface area contributed by atoms with E-state index in [2.05, 4.69) is 0 Å². The van der Waals surface area contributed by atoms with Crippen LogP contribution in [0.4, 0.5) is 0 Å². The van der Waals surface area contributed by atoms with Crippen LogP contribution in [0.3, 0.4) is 0 Å². The fourth-order valence-corrected chi connectivity index (χ4v) is 2.89. The summed E-state index contributed by atoms with van der Waals surface area (Å²) in [5.74, 6) is 0.434. The first-order valence-corrected chi connectivity index (χ1v) is 6.95. The molecule has 0 aliphatic rings. The molecule has 0 spiro atoms. The number of thioether (sulfide) groups is 1. The number of hydrogen-bond donors (Lipinski definition) is 1. The summed E-state index contributed by atoms with van der Waals surface area (Å²) in [7, 11) is -2.89. The number of carbonyl (C=O) groups is 1. The van der Waals surface area contributed by atoms with Gasteiger partial charge in [-0.05, 0) is 0 Å². The highest BCUT2D eigenvalue weighted by Gasteiger charge is 2.06. The number of hydrogen-bond acceptors (Lipinski definition) is 4. The van der Waals surface area contributed by atoms with Crippen molar-refractivity contribution in [2.45, 2.75) is 13.3 Å². The van der Waals surface area contributed by atoms with Gasteiger partial charge in [-0.25, -0.2) is 8.42 Å². The van der Waals surface area contributed by atoms with E-state index >= 15 is 0 Å². The lowest BCUT2D eigenvalue weighted by molar-refractivity contribution is -0.136. The molecule has 1 N–H and O–H groups in total. The molecular formula is C7H14O4S2. The highest BCUT2D eigenvalue weighted by Crippen LogP contribution is 2.04. The van der Waals surface area contributed by atoms with Crippen LogP contribution in [0.25, 0.3) is 0 Å². The van der Waals surface area contributed by atoms with Crippen molar-refractivity contribution >= 4 is 27.6 Å². The van der Waals surface area contributed by atoms with Crippen LogP contribution in [0.15, 0.2) is 0 Å². The molecule has 6 heteroatoms. The van der Waals surface area contributed by atoms with Crippen molar-refractivity contribution in [3.8, 4) is 0 Å². The van der Waals surface area contributed by atoms with Crippen molar-refractivity contribution < 1.29 is 18.3 Å². The Hall–Kier alpha value is -0.230. The van der Waals surface area contributed by atoms with Crippen molar-refractivity contribution in [3.63, 3.8) is 0 Å². The number of rotatable bonds is 7. The summed E-state index contributed by atoms with van der Waals surface area (Å²) in [6.45, 7) is 1.61. The average Bonchev–Trinajstić information content (AvgIpc) is 2.03. The van der Waals surface area contributed by atoms with E-state index in [0.717, 1.165) is 0 Å². The number of aliphatic carboxylic acids is 1. The van der Waals surface area contributed by atoms with Crippen LogP contribution in [0, 0.1) is 0 Å². The molecule has 0 saturated carbocycles. The SMILES string of the molecule is CCS(=O)(=O)CCSCCC(=O)O. The van der Waals surface area contributed by atoms with Gasteiger partial charge in [0.25, 0.3) is 0 Å². The quantitative estimate of drug-likeness (QED) is 0.645. The van der Waals surface area contributed by atoms with Gasteiger partial charge < -0.3 is 5.11 Å². The van der Waals surface area contributed by atoms with Gasteiger partial charge in [0.15, 0.2) is 9.84 Å². The Bertz CT molecular complexity index is 245. The lowest BCUT2D eigenvalue weighted by atomic mass is 10.5. The van der Waals surface area contributed by atoms with E-state index in [0.29, 0.717) is 11.5 Å². The monoisotopic (exact) mass is 226 g/mol. The van der Waals surface area contributed by atoms with Gasteiger partial charge in [-0.15, -0.1) is 0 Å². The van der Waals surface area contributed by atoms with Crippen LogP contribution in [-0.4, -0.2) is 42.5 Å². The van der Waals surface area contributed by atoms with Gasteiger partial charge in [0, 0.05) is 17.3 Å². The first kappa shape index (κ1) is 12.8. The van der Waals surface area contributed by atoms with Crippen LogP contribution in [0.1, 0.15) is 13.3 Å². The molecule has 0 rings (SSSR count). The van der Waals surface area contributed by atoms with Crippen molar-refractivity contribution in [2.24, 2.45) is 0 Å². The van der Waals surface area contributed by atoms with Gasteiger partial charge in [-0.1, -0.05) is 6.92 Å². The molecule has 0 amide bonds. The van der Waals surface area contributed by atoms with Crippen molar-refractivity contribution in [1.29, 1.82) is 0 Å². The first-order chi connectivity index (χ1) is 5.98. The Kier molecular flexibility index (Phi) is 6.15. The van der Waals surface area contributed by atoms with Crippen molar-refractivity contribution in [2.75, 3.05) is 23.0 Å². The number of carboxylic acid groups (broad SMARTS) is 1. The second-order valence-corrected chi connectivity index (χ2v) is 6.19. The maximum Gasteiger partial charge on any atom is 0.304 e. The third-order valence-corrected chi connectivity index (χ3v) is 4.39. The Balaban J connectivity index is 3.42. The predicted octanol–water partition coefficient (Wildman–Crippen LogP) is 0.629. The smallest absolute Gasteiger partial charge is 0.304 e. The fourth-order valence-electron chi connectivity index (χ4n) is 0.592. The third kappa shape index (κ3) is 8.11. The molecule has 0 bridgehead atoms. The maximum absolute atomic E-state index is 11.0. The average molecular weight is 226 g/mol. The lowest BCUT2D eigenvalue weighted by Crippen LogP contribution is -2.11. The van der Waals surface area contributed by atoms with Crippen molar-refractivity contribution in [1.82, 2.24) is 0 Å². The fraction of sp³-hybridized carbons (Fsp3) is 0.857. The molecule has 0 aliphatic carbocycles. The van der Waals surface area contributed by atoms with E-state index < -0.39 is 15.8 Å². The minimum Gasteiger partial charge on any atom is -0.481 e. The molecule has 0 heterocycles. The van der Waals surface area contributed by atoms with Gasteiger partial charge in [0.05, 0.1) is 12.2 Å². The third-order valence-electron chi connectivity index (χ3n) is 1.44. The molecule has 0 aliphatic heterocycles. The summed E-state index contributed by atoms with van der Waals surface area (Å²) in [4.78, 5) is 10.1. The van der Waals surface area contributed by atoms with Gasteiger partial charge in [0.2, 0.25) is 0 Å². The van der Waals surface area contributed by atoms with Gasteiger partial charge in [-0.3, -0.25) is 4.79 Å². The van der Waals surface area contributed by atoms with Crippen LogP contribution in [0.5, 0.6) is 0 Å². The molecule has 4 nitrogen and oxygen atoms in total. The molecule has 0 saturated heterocycles. The van der Waals surface area contributed by atoms with Crippen LogP contribution >= 0.6 is 11.8 Å². The van der Waals surface area contributed by atoms with Crippen LogP contribution < -0.4 is 0 Å². The Labute approximate surface area is 82.6 Å². The summed E-state index contributed by atoms with van der Waals surface area (Å²) >= 11 is 1.36. The summed E-state index contributed by atoms with van der Waals surface area (Å²) in [6, 6.07) is 0. The highest BCUT2D eigenvalue weighted by molar-refractivity contribution is 8.00. The summed E-state index contributed by atoms with van der Waals surface area (Å²) in [6.07, 6.45) is 0.0941. The summed E-state index contributed by atoms with van der Waals surface area (Å²) in [5, 5.41) is 8.29. The molecule has 0 atom stereocenters. The van der Waals surface area contributed by atoms with Crippen molar-refractivity contribution in [3.05, 3.63) is 0 Å². The Morgan fingerprint density at radius 2 is 2.00 bits per heavy atom. The predicted molar refractivity (Wildman–Crippen MR) is 53.9 cm³/mol. The van der Waals surface area contributed by atoms with Crippen LogP contribution in [-0.2, 0) is 14.6 Å². The second kappa shape index (κ2) is 6.26. The van der Waals surface area contributed by atoms with Gasteiger partial charge in [-0.2, -0.15) is 11.8 Å². The normalized spacial score (nSPS) is 11.5. The van der Waals surface area contributed by atoms with E-state index in [1.54, 1.807) is 6.92 Å². The molecule has 0 aromatic carbocycles. The Morgan fingerprint density at radius 1 is 1.38 bits per heavy atom. The second-order valence-electron chi connectivity index (χ2n) is 2.49. The maximum atomic E-state index is 11.0. The zero-order chi connectivity index (χ0) is 10.3. The van der Waals surface area contributed by atoms with E-state index in [1.807, 2.05) is 0 Å². The first-order valence-electron chi connectivity index (χ1n) is 3.98. The molecule has 0 aromatic heterocycles. The number of sulfone groups is 1. The number of carboxylic acids is 1. The minimum absolute atomic E-state index is 0.0941. The summed E-state index contributed by atoms with van der Waals surface area (Å²) < 4.78 is 21.9. The molecule has 0 aromatic rings. The molecular weight excluding hydrogens is 212 g/mol. The lowest BCUT2D eigenvalue weighted by Gasteiger charge is -1.99. The zero-order valence-electron chi connectivity index (χ0n) is 7.52. The van der Waals surface area contributed by atoms with Crippen LogP contribution in [0.2, 0.25) is 0 Å². The summed E-state index contributed by atoms with van der Waals surface area (Å²) in [5.41, 5.74) is 0. The standard InChI is InChI=1S/C7H14O4S2/c1-2-13(10,11)6-5-12-4-3-7(8)9/h2-6H2,1H3,(H,8,9). The Morgan fingerprint density at radius 3 is 2.46 bits per heavy atom. The molecule has 0 unspecified atom stereocenters. The van der Waals surface area contributed by atoms with E-state index in [1.165, 1.54) is 11.8 Å². The van der Waals surface area contributed by atoms with E-state index in [4.69, 9.17) is 5.11 Å². The molecule has 13 heavy (non-hydrogen) atoms. The van der Waals surface area contributed by atoms with E-state index in [9.17, 15) is 13.2 Å². The topological polar surface area (TPSA) is 71.4 Å². The highest BCUT2D eigenvalue weighted by atomic mass is 32.2. The zero-order valence-corrected chi connectivity index (χ0v) is 9.16. The minimum atomic E-state index is -2.89.